The summed E-state index contributed by atoms with van der Waals surface area (Å²) in [7, 11) is 1.79. The molecule has 3 heterocycles. The van der Waals surface area contributed by atoms with E-state index < -0.39 is 0 Å². The number of rotatable bonds is 5. The number of nitrogens with one attached hydrogen (secondary N) is 2. The van der Waals surface area contributed by atoms with Crippen LogP contribution in [0.15, 0.2) is 47.6 Å². The van der Waals surface area contributed by atoms with Gasteiger partial charge in [0.2, 0.25) is 0 Å². The Morgan fingerprint density at radius 2 is 2.00 bits per heavy atom. The van der Waals surface area contributed by atoms with Crippen LogP contribution in [0.25, 0.3) is 0 Å². The van der Waals surface area contributed by atoms with E-state index in [-0.39, 0.29) is 30.1 Å². The van der Waals surface area contributed by atoms with Gasteiger partial charge in [-0.05, 0) is 36.1 Å². The van der Waals surface area contributed by atoms with E-state index in [2.05, 4.69) is 49.8 Å². The first kappa shape index (κ1) is 20.7. The van der Waals surface area contributed by atoms with Crippen molar-refractivity contribution in [3.05, 3.63) is 53.7 Å². The van der Waals surface area contributed by atoms with E-state index in [4.69, 9.17) is 4.74 Å². The number of para-hydroxylation sites is 1. The topological polar surface area (TPSA) is 61.8 Å². The highest BCUT2D eigenvalue weighted by atomic mass is 127. The molecule has 1 fully saturated rings. The van der Waals surface area contributed by atoms with Crippen molar-refractivity contribution >= 4 is 35.8 Å². The van der Waals surface area contributed by atoms with E-state index in [0.29, 0.717) is 6.54 Å². The fourth-order valence-electron chi connectivity index (χ4n) is 3.64. The molecule has 0 amide bonds. The molecule has 6 nitrogen and oxygen atoms in total. The van der Waals surface area contributed by atoms with Crippen molar-refractivity contribution in [2.24, 2.45) is 4.99 Å². The normalized spacial score (nSPS) is 18.2. The number of nitrogens with zero attached hydrogens (tertiary/aromatic N) is 3. The van der Waals surface area contributed by atoms with E-state index >= 15 is 0 Å². The molecule has 1 unspecified atom stereocenters. The summed E-state index contributed by atoms with van der Waals surface area (Å²) in [5.74, 6) is 2.85. The van der Waals surface area contributed by atoms with Gasteiger partial charge < -0.3 is 20.3 Å². The highest BCUT2D eigenvalue weighted by Gasteiger charge is 2.22. The second kappa shape index (κ2) is 9.95. The van der Waals surface area contributed by atoms with E-state index in [1.54, 1.807) is 7.05 Å². The number of aliphatic imine (C=N–C) groups is 1. The van der Waals surface area contributed by atoms with Gasteiger partial charge in [0.25, 0.3) is 0 Å². The van der Waals surface area contributed by atoms with Crippen LogP contribution < -0.4 is 20.3 Å². The number of guanidine groups is 1. The van der Waals surface area contributed by atoms with Crippen LogP contribution in [0.3, 0.4) is 0 Å². The predicted octanol–water partition coefficient (Wildman–Crippen LogP) is 2.97. The van der Waals surface area contributed by atoms with E-state index in [0.717, 1.165) is 49.1 Å². The smallest absolute Gasteiger partial charge is 0.191 e. The first-order chi connectivity index (χ1) is 13.3. The van der Waals surface area contributed by atoms with Gasteiger partial charge in [0.05, 0.1) is 6.54 Å². The second-order valence-electron chi connectivity index (χ2n) is 7.08. The zero-order valence-electron chi connectivity index (χ0n) is 16.2. The van der Waals surface area contributed by atoms with Crippen LogP contribution >= 0.6 is 24.0 Å². The van der Waals surface area contributed by atoms with Crippen LogP contribution in [0, 0.1) is 0 Å². The maximum atomic E-state index is 5.97. The Bertz CT molecular complexity index is 765. The quantitative estimate of drug-likeness (QED) is 0.381. The minimum atomic E-state index is 0. The van der Waals surface area contributed by atoms with Gasteiger partial charge in [-0.15, -0.1) is 24.0 Å². The monoisotopic (exact) mass is 493 g/mol. The van der Waals surface area contributed by atoms with Crippen LogP contribution in [-0.2, 0) is 13.0 Å². The Balaban J connectivity index is 0.00000225. The molecular formula is C21H28IN5O. The molecule has 0 radical (unpaired) electrons. The maximum absolute atomic E-state index is 5.97. The zero-order chi connectivity index (χ0) is 18.5. The third-order valence-corrected chi connectivity index (χ3v) is 5.13. The largest absolute Gasteiger partial charge is 0.488 e. The van der Waals surface area contributed by atoms with Crippen LogP contribution in [0.2, 0.25) is 0 Å². The Morgan fingerprint density at radius 1 is 1.18 bits per heavy atom. The average molecular weight is 493 g/mol. The van der Waals surface area contributed by atoms with Gasteiger partial charge in [-0.1, -0.05) is 24.3 Å². The number of ether oxygens (including phenoxy) is 1. The highest BCUT2D eigenvalue weighted by molar-refractivity contribution is 14.0. The lowest BCUT2D eigenvalue weighted by atomic mass is 10.1. The number of anilines is 1. The number of hydrogen-bond donors (Lipinski definition) is 2. The van der Waals surface area contributed by atoms with Crippen molar-refractivity contribution < 1.29 is 4.74 Å². The fourth-order valence-corrected chi connectivity index (χ4v) is 3.64. The first-order valence-corrected chi connectivity index (χ1v) is 9.71. The lowest BCUT2D eigenvalue weighted by molar-refractivity contribution is 0.235. The van der Waals surface area contributed by atoms with Gasteiger partial charge in [0, 0.05) is 39.3 Å². The van der Waals surface area contributed by atoms with Gasteiger partial charge in [-0.25, -0.2) is 4.98 Å². The predicted molar refractivity (Wildman–Crippen MR) is 124 cm³/mol. The average Bonchev–Trinajstić information content (AvgIpc) is 3.38. The molecule has 0 spiro atoms. The lowest BCUT2D eigenvalue weighted by Gasteiger charge is -2.17. The summed E-state index contributed by atoms with van der Waals surface area (Å²) >= 11 is 0. The molecular weight excluding hydrogens is 465 g/mol. The molecule has 0 bridgehead atoms. The summed E-state index contributed by atoms with van der Waals surface area (Å²) in [4.78, 5) is 11.3. The SMILES string of the molecule is CN=C(NCc1ccc(N2CCCC2)nc1)NCC1Cc2ccccc2O1.I. The minimum Gasteiger partial charge on any atom is -0.488 e. The van der Waals surface area contributed by atoms with Crippen LogP contribution in [-0.4, -0.2) is 43.7 Å². The number of fused-ring (bicyclic) bond motifs is 1. The molecule has 1 aromatic carbocycles. The van der Waals surface area contributed by atoms with Crippen molar-refractivity contribution in [1.29, 1.82) is 0 Å². The van der Waals surface area contributed by atoms with Crippen molar-refractivity contribution in [2.75, 3.05) is 31.6 Å². The molecule has 1 atom stereocenters. The van der Waals surface area contributed by atoms with Crippen molar-refractivity contribution in [3.8, 4) is 5.75 Å². The van der Waals surface area contributed by atoms with E-state index in [1.807, 2.05) is 18.3 Å². The molecule has 28 heavy (non-hydrogen) atoms. The molecule has 1 saturated heterocycles. The molecule has 0 saturated carbocycles. The molecule has 7 heteroatoms. The van der Waals surface area contributed by atoms with E-state index in [9.17, 15) is 0 Å². The van der Waals surface area contributed by atoms with Gasteiger partial charge in [-0.2, -0.15) is 0 Å². The Morgan fingerprint density at radius 3 is 2.71 bits per heavy atom. The number of benzene rings is 1. The summed E-state index contributed by atoms with van der Waals surface area (Å²) in [5.41, 5.74) is 2.42. The molecule has 0 aliphatic carbocycles. The zero-order valence-corrected chi connectivity index (χ0v) is 18.6. The number of hydrogen-bond acceptors (Lipinski definition) is 4. The lowest BCUT2D eigenvalue weighted by Crippen LogP contribution is -2.41. The van der Waals surface area contributed by atoms with Gasteiger partial charge in [0.1, 0.15) is 17.7 Å². The highest BCUT2D eigenvalue weighted by Crippen LogP contribution is 2.27. The Kier molecular flexibility index (Phi) is 7.36. The van der Waals surface area contributed by atoms with Gasteiger partial charge >= 0.3 is 0 Å². The summed E-state index contributed by atoms with van der Waals surface area (Å²) in [6.07, 6.45) is 5.56. The molecule has 2 aliphatic heterocycles. The van der Waals surface area contributed by atoms with E-state index in [1.165, 1.54) is 18.4 Å². The minimum absolute atomic E-state index is 0. The van der Waals surface area contributed by atoms with Crippen molar-refractivity contribution in [1.82, 2.24) is 15.6 Å². The molecule has 150 valence electrons. The maximum Gasteiger partial charge on any atom is 0.191 e. The van der Waals surface area contributed by atoms with Crippen LogP contribution in [0.1, 0.15) is 24.0 Å². The number of aromatic nitrogens is 1. The standard InChI is InChI=1S/C21H27N5O.HI/c1-22-21(25-15-18-12-17-6-2-3-7-19(17)27-18)24-14-16-8-9-20(23-13-16)26-10-4-5-11-26;/h2-3,6-9,13,18H,4-5,10-12,14-15H2,1H3,(H2,22,24,25);1H. The molecule has 1 aromatic heterocycles. The summed E-state index contributed by atoms with van der Waals surface area (Å²) in [6, 6.07) is 12.5. The molecule has 4 rings (SSSR count). The number of pyridine rings is 1. The molecule has 2 aliphatic rings. The number of halogens is 1. The Labute approximate surface area is 183 Å². The molecule has 2 N–H and O–H groups in total. The van der Waals surface area contributed by atoms with Crippen LogP contribution in [0.5, 0.6) is 5.75 Å². The second-order valence-corrected chi connectivity index (χ2v) is 7.08. The van der Waals surface area contributed by atoms with Crippen LogP contribution in [0.4, 0.5) is 5.82 Å². The fraction of sp³-hybridized carbons (Fsp3) is 0.429. The third-order valence-electron chi connectivity index (χ3n) is 5.13. The van der Waals surface area contributed by atoms with Crippen molar-refractivity contribution in [2.45, 2.75) is 31.9 Å². The Hall–Kier alpha value is -2.03. The van der Waals surface area contributed by atoms with Gasteiger partial charge in [-0.3, -0.25) is 4.99 Å². The summed E-state index contributed by atoms with van der Waals surface area (Å²) in [6.45, 7) is 3.65. The van der Waals surface area contributed by atoms with Gasteiger partial charge in [0.15, 0.2) is 5.96 Å². The van der Waals surface area contributed by atoms with Crippen molar-refractivity contribution in [3.63, 3.8) is 0 Å². The summed E-state index contributed by atoms with van der Waals surface area (Å²) < 4.78 is 5.97. The summed E-state index contributed by atoms with van der Waals surface area (Å²) in [5, 5.41) is 6.71. The first-order valence-electron chi connectivity index (χ1n) is 9.71. The molecule has 2 aromatic rings. The third kappa shape index (κ3) is 5.06.